The highest BCUT2D eigenvalue weighted by molar-refractivity contribution is 5.77. The number of fused-ring (bicyclic) bond motifs is 1. The number of aromatic amines is 1. The minimum absolute atomic E-state index is 0.0754. The Labute approximate surface area is 117 Å². The van der Waals surface area contributed by atoms with Crippen molar-refractivity contribution in [3.63, 3.8) is 0 Å². The van der Waals surface area contributed by atoms with Gasteiger partial charge in [0.2, 0.25) is 0 Å². The van der Waals surface area contributed by atoms with E-state index < -0.39 is 0 Å². The van der Waals surface area contributed by atoms with Crippen molar-refractivity contribution in [3.05, 3.63) is 28.7 Å². The molecule has 1 aromatic heterocycles. The standard InChI is InChI=1S/C15H21N3O2/c1-10(2)17-7-5-11(6-8-17)18-14-9-12(19)3-4-13(14)16-15(18)20/h3-4,9-11,19H,5-8H2,1-2H3,(H,16,20). The second-order valence-corrected chi connectivity index (χ2v) is 5.86. The molecule has 1 fully saturated rings. The lowest BCUT2D eigenvalue weighted by Crippen LogP contribution is -2.40. The normalized spacial score (nSPS) is 18.1. The van der Waals surface area contributed by atoms with E-state index in [0.29, 0.717) is 6.04 Å². The summed E-state index contributed by atoms with van der Waals surface area (Å²) >= 11 is 0. The Morgan fingerprint density at radius 3 is 2.65 bits per heavy atom. The number of phenolic OH excluding ortho intramolecular Hbond substituents is 1. The minimum Gasteiger partial charge on any atom is -0.508 e. The van der Waals surface area contributed by atoms with Crippen LogP contribution in [0.2, 0.25) is 0 Å². The molecule has 5 heteroatoms. The summed E-state index contributed by atoms with van der Waals surface area (Å²) in [5.41, 5.74) is 1.52. The maximum atomic E-state index is 12.2. The van der Waals surface area contributed by atoms with Crippen molar-refractivity contribution in [2.45, 2.75) is 38.8 Å². The summed E-state index contributed by atoms with van der Waals surface area (Å²) in [6.07, 6.45) is 1.95. The Balaban J connectivity index is 1.93. The molecule has 1 aliphatic heterocycles. The average molecular weight is 275 g/mol. The zero-order chi connectivity index (χ0) is 14.3. The van der Waals surface area contributed by atoms with Crippen molar-refractivity contribution in [2.24, 2.45) is 0 Å². The van der Waals surface area contributed by atoms with Crippen molar-refractivity contribution in [3.8, 4) is 5.75 Å². The summed E-state index contributed by atoms with van der Waals surface area (Å²) in [6.45, 7) is 6.44. The van der Waals surface area contributed by atoms with Crippen molar-refractivity contribution in [2.75, 3.05) is 13.1 Å². The van der Waals surface area contributed by atoms with Crippen LogP contribution >= 0.6 is 0 Å². The van der Waals surface area contributed by atoms with Crippen molar-refractivity contribution < 1.29 is 5.11 Å². The Bertz CT molecular complexity index is 663. The van der Waals surface area contributed by atoms with E-state index in [1.807, 2.05) is 4.57 Å². The molecular formula is C15H21N3O2. The first-order valence-electron chi connectivity index (χ1n) is 7.23. The first-order valence-corrected chi connectivity index (χ1v) is 7.23. The molecule has 108 valence electrons. The van der Waals surface area contributed by atoms with Gasteiger partial charge >= 0.3 is 5.69 Å². The van der Waals surface area contributed by atoms with Crippen LogP contribution < -0.4 is 5.69 Å². The molecule has 0 amide bonds. The molecule has 0 aliphatic carbocycles. The summed E-state index contributed by atoms with van der Waals surface area (Å²) in [5, 5.41) is 9.64. The fourth-order valence-corrected chi connectivity index (χ4v) is 3.13. The van der Waals surface area contributed by atoms with E-state index >= 15 is 0 Å². The van der Waals surface area contributed by atoms with Gasteiger partial charge in [0.05, 0.1) is 11.0 Å². The highest BCUT2D eigenvalue weighted by Gasteiger charge is 2.24. The van der Waals surface area contributed by atoms with Gasteiger partial charge < -0.3 is 15.0 Å². The van der Waals surface area contributed by atoms with E-state index in [0.717, 1.165) is 37.0 Å². The van der Waals surface area contributed by atoms with Gasteiger partial charge in [0.25, 0.3) is 0 Å². The zero-order valence-corrected chi connectivity index (χ0v) is 12.0. The Morgan fingerprint density at radius 2 is 2.00 bits per heavy atom. The van der Waals surface area contributed by atoms with Crippen LogP contribution in [-0.4, -0.2) is 38.7 Å². The molecule has 1 aliphatic rings. The van der Waals surface area contributed by atoms with Gasteiger partial charge in [-0.2, -0.15) is 0 Å². The number of hydrogen-bond acceptors (Lipinski definition) is 3. The Hall–Kier alpha value is -1.75. The SMILES string of the molecule is CC(C)N1CCC(n2c(=O)[nH]c3ccc(O)cc32)CC1. The van der Waals surface area contributed by atoms with Crippen LogP contribution in [0.5, 0.6) is 5.75 Å². The van der Waals surface area contributed by atoms with E-state index in [4.69, 9.17) is 0 Å². The quantitative estimate of drug-likeness (QED) is 0.882. The van der Waals surface area contributed by atoms with Gasteiger partial charge in [0, 0.05) is 31.2 Å². The maximum absolute atomic E-state index is 12.2. The van der Waals surface area contributed by atoms with Gasteiger partial charge in [-0.25, -0.2) is 4.79 Å². The predicted molar refractivity (Wildman–Crippen MR) is 79.2 cm³/mol. The molecule has 3 rings (SSSR count). The number of benzene rings is 1. The summed E-state index contributed by atoms with van der Waals surface area (Å²) in [6, 6.07) is 5.80. The van der Waals surface area contributed by atoms with E-state index in [2.05, 4.69) is 23.7 Å². The van der Waals surface area contributed by atoms with E-state index in [1.54, 1.807) is 18.2 Å². The Kier molecular flexibility index (Phi) is 3.30. The maximum Gasteiger partial charge on any atom is 0.326 e. The van der Waals surface area contributed by atoms with Crippen LogP contribution in [0.4, 0.5) is 0 Å². The highest BCUT2D eigenvalue weighted by atomic mass is 16.3. The fraction of sp³-hybridized carbons (Fsp3) is 0.533. The molecule has 0 radical (unpaired) electrons. The summed E-state index contributed by atoms with van der Waals surface area (Å²) in [4.78, 5) is 17.5. The van der Waals surface area contributed by atoms with Crippen LogP contribution in [-0.2, 0) is 0 Å². The van der Waals surface area contributed by atoms with Crippen LogP contribution in [0.1, 0.15) is 32.7 Å². The van der Waals surface area contributed by atoms with Crippen LogP contribution in [0.15, 0.2) is 23.0 Å². The minimum atomic E-state index is -0.0754. The average Bonchev–Trinajstić information content (AvgIpc) is 2.74. The number of phenols is 1. The predicted octanol–water partition coefficient (Wildman–Crippen LogP) is 2.08. The lowest BCUT2D eigenvalue weighted by molar-refractivity contribution is 0.152. The molecule has 0 spiro atoms. The molecule has 5 nitrogen and oxygen atoms in total. The second kappa shape index (κ2) is 4.98. The van der Waals surface area contributed by atoms with Crippen LogP contribution in [0.3, 0.4) is 0 Å². The third-order valence-corrected chi connectivity index (χ3v) is 4.30. The van der Waals surface area contributed by atoms with Crippen LogP contribution in [0.25, 0.3) is 11.0 Å². The lowest BCUT2D eigenvalue weighted by Gasteiger charge is -2.35. The number of aromatic hydroxyl groups is 1. The number of likely N-dealkylation sites (tertiary alicyclic amines) is 1. The molecule has 2 heterocycles. The highest BCUT2D eigenvalue weighted by Crippen LogP contribution is 2.27. The summed E-state index contributed by atoms with van der Waals surface area (Å²) in [7, 11) is 0. The number of hydrogen-bond donors (Lipinski definition) is 2. The number of imidazole rings is 1. The molecule has 0 bridgehead atoms. The van der Waals surface area contributed by atoms with Gasteiger partial charge in [0.15, 0.2) is 0 Å². The number of piperidine rings is 1. The largest absolute Gasteiger partial charge is 0.508 e. The van der Waals surface area contributed by atoms with E-state index in [-0.39, 0.29) is 17.5 Å². The van der Waals surface area contributed by atoms with Gasteiger partial charge in [-0.3, -0.25) is 4.57 Å². The number of nitrogens with one attached hydrogen (secondary N) is 1. The second-order valence-electron chi connectivity index (χ2n) is 5.86. The monoisotopic (exact) mass is 275 g/mol. The molecule has 1 saturated heterocycles. The molecule has 2 aromatic rings. The van der Waals surface area contributed by atoms with Crippen molar-refractivity contribution >= 4 is 11.0 Å². The number of rotatable bonds is 2. The molecule has 2 N–H and O–H groups in total. The molecule has 0 unspecified atom stereocenters. The van der Waals surface area contributed by atoms with Gasteiger partial charge in [-0.15, -0.1) is 0 Å². The molecule has 0 atom stereocenters. The van der Waals surface area contributed by atoms with E-state index in [1.165, 1.54) is 0 Å². The smallest absolute Gasteiger partial charge is 0.326 e. The first-order chi connectivity index (χ1) is 9.56. The third kappa shape index (κ3) is 2.22. The molecule has 0 saturated carbocycles. The third-order valence-electron chi connectivity index (χ3n) is 4.30. The first kappa shape index (κ1) is 13.2. The van der Waals surface area contributed by atoms with Crippen molar-refractivity contribution in [1.29, 1.82) is 0 Å². The lowest BCUT2D eigenvalue weighted by atomic mass is 10.0. The summed E-state index contributed by atoms with van der Waals surface area (Å²) in [5.74, 6) is 0.199. The van der Waals surface area contributed by atoms with E-state index in [9.17, 15) is 9.90 Å². The molecular weight excluding hydrogens is 254 g/mol. The number of H-pyrrole nitrogens is 1. The van der Waals surface area contributed by atoms with Gasteiger partial charge in [0.1, 0.15) is 5.75 Å². The fourth-order valence-electron chi connectivity index (χ4n) is 3.13. The van der Waals surface area contributed by atoms with Gasteiger partial charge in [-0.1, -0.05) is 0 Å². The molecule has 1 aromatic carbocycles. The number of nitrogens with zero attached hydrogens (tertiary/aromatic N) is 2. The topological polar surface area (TPSA) is 61.3 Å². The zero-order valence-electron chi connectivity index (χ0n) is 12.0. The van der Waals surface area contributed by atoms with Gasteiger partial charge in [-0.05, 0) is 38.8 Å². The molecule has 20 heavy (non-hydrogen) atoms. The Morgan fingerprint density at radius 1 is 1.30 bits per heavy atom. The summed E-state index contributed by atoms with van der Waals surface area (Å²) < 4.78 is 1.81. The number of aromatic nitrogens is 2. The van der Waals surface area contributed by atoms with Crippen molar-refractivity contribution in [1.82, 2.24) is 14.5 Å². The van der Waals surface area contributed by atoms with Crippen LogP contribution in [0, 0.1) is 0 Å².